The second-order valence-corrected chi connectivity index (χ2v) is 6.71. The molecule has 1 amide bonds. The second-order valence-electron chi connectivity index (χ2n) is 6.71. The summed E-state index contributed by atoms with van der Waals surface area (Å²) in [5.74, 6) is 0.0599. The van der Waals surface area contributed by atoms with E-state index in [1.54, 1.807) is 0 Å². The van der Waals surface area contributed by atoms with Crippen molar-refractivity contribution in [3.05, 3.63) is 12.2 Å². The summed E-state index contributed by atoms with van der Waals surface area (Å²) in [7, 11) is 2.15. The van der Waals surface area contributed by atoms with Crippen molar-refractivity contribution in [1.82, 2.24) is 15.1 Å². The molecule has 5 heteroatoms. The van der Waals surface area contributed by atoms with E-state index in [-0.39, 0.29) is 23.4 Å². The molecule has 5 nitrogen and oxygen atoms in total. The largest absolute Gasteiger partial charge is 0.354 e. The minimum Gasteiger partial charge on any atom is -0.354 e. The number of amides is 1. The number of rotatable bonds is 4. The zero-order chi connectivity index (χ0) is 14.8. The van der Waals surface area contributed by atoms with E-state index in [0.29, 0.717) is 6.54 Å². The molecule has 1 aliphatic carbocycles. The molecule has 2 unspecified atom stereocenters. The Labute approximate surface area is 122 Å². The lowest BCUT2D eigenvalue weighted by atomic mass is 10.0. The summed E-state index contributed by atoms with van der Waals surface area (Å²) in [6.45, 7) is 9.41. The fourth-order valence-electron chi connectivity index (χ4n) is 2.88. The number of carbonyl (C=O) groups excluding carboxylic acids is 1. The number of hydrogen-bond acceptors (Lipinski definition) is 4. The molecule has 0 spiro atoms. The van der Waals surface area contributed by atoms with Gasteiger partial charge in [-0.15, -0.1) is 0 Å². The van der Waals surface area contributed by atoms with E-state index >= 15 is 0 Å². The smallest absolute Gasteiger partial charge is 0.227 e. The van der Waals surface area contributed by atoms with Crippen LogP contribution >= 0.6 is 0 Å². The van der Waals surface area contributed by atoms with Crippen LogP contribution in [0.2, 0.25) is 0 Å². The van der Waals surface area contributed by atoms with E-state index in [4.69, 9.17) is 5.73 Å². The van der Waals surface area contributed by atoms with Crippen LogP contribution in [0.1, 0.15) is 20.3 Å². The molecule has 0 aromatic rings. The standard InChI is InChI=1S/C15H28N4O/c1-15(2,19-8-6-18(3)7-9-19)11-17-14(20)12-4-5-13(16)10-12/h4-5,12-13H,6-11,16H2,1-3H3,(H,17,20). The van der Waals surface area contributed by atoms with Crippen LogP contribution in [0.5, 0.6) is 0 Å². The molecule has 1 aliphatic heterocycles. The lowest BCUT2D eigenvalue weighted by molar-refractivity contribution is -0.124. The lowest BCUT2D eigenvalue weighted by Gasteiger charge is -2.43. The van der Waals surface area contributed by atoms with Gasteiger partial charge >= 0.3 is 0 Å². The van der Waals surface area contributed by atoms with Crippen molar-refractivity contribution in [2.24, 2.45) is 11.7 Å². The van der Waals surface area contributed by atoms with Crippen LogP contribution in [0.4, 0.5) is 0 Å². The SMILES string of the molecule is CN1CCN(C(C)(C)CNC(=O)C2C=CC(N)C2)CC1. The highest BCUT2D eigenvalue weighted by molar-refractivity contribution is 5.81. The molecule has 1 saturated heterocycles. The Hall–Kier alpha value is -0.910. The van der Waals surface area contributed by atoms with Crippen molar-refractivity contribution in [3.63, 3.8) is 0 Å². The summed E-state index contributed by atoms with van der Waals surface area (Å²) >= 11 is 0. The molecule has 20 heavy (non-hydrogen) atoms. The molecule has 2 rings (SSSR count). The molecular formula is C15H28N4O. The summed E-state index contributed by atoms with van der Waals surface area (Å²) in [5.41, 5.74) is 5.80. The van der Waals surface area contributed by atoms with Gasteiger partial charge in [0.05, 0.1) is 5.92 Å². The Bertz CT molecular complexity index is 372. The first-order valence-corrected chi connectivity index (χ1v) is 7.54. The van der Waals surface area contributed by atoms with Gasteiger partial charge in [-0.2, -0.15) is 0 Å². The Kier molecular flexibility index (Phi) is 4.83. The monoisotopic (exact) mass is 280 g/mol. The zero-order valence-electron chi connectivity index (χ0n) is 12.9. The summed E-state index contributed by atoms with van der Waals surface area (Å²) in [6, 6.07) is 0.0383. The minimum atomic E-state index is -0.0479. The number of nitrogens with zero attached hydrogens (tertiary/aromatic N) is 2. The maximum atomic E-state index is 12.1. The minimum absolute atomic E-state index is 0.00134. The number of carbonyl (C=O) groups is 1. The summed E-state index contributed by atoms with van der Waals surface area (Å²) in [6.07, 6.45) is 4.60. The Morgan fingerprint density at radius 2 is 1.95 bits per heavy atom. The highest BCUT2D eigenvalue weighted by Gasteiger charge is 2.30. The molecule has 1 fully saturated rings. The van der Waals surface area contributed by atoms with E-state index in [0.717, 1.165) is 32.6 Å². The van der Waals surface area contributed by atoms with Crippen molar-refractivity contribution in [2.75, 3.05) is 39.8 Å². The van der Waals surface area contributed by atoms with Crippen molar-refractivity contribution < 1.29 is 4.79 Å². The topological polar surface area (TPSA) is 61.6 Å². The average molecular weight is 280 g/mol. The highest BCUT2D eigenvalue weighted by Crippen LogP contribution is 2.18. The van der Waals surface area contributed by atoms with Crippen molar-refractivity contribution in [3.8, 4) is 0 Å². The van der Waals surface area contributed by atoms with Gasteiger partial charge in [-0.05, 0) is 27.3 Å². The molecular weight excluding hydrogens is 252 g/mol. The van der Waals surface area contributed by atoms with Crippen LogP contribution in [-0.4, -0.2) is 67.1 Å². The molecule has 2 aliphatic rings. The van der Waals surface area contributed by atoms with Gasteiger partial charge in [0.2, 0.25) is 5.91 Å². The van der Waals surface area contributed by atoms with Crippen LogP contribution in [0.15, 0.2) is 12.2 Å². The molecule has 1 heterocycles. The molecule has 0 aromatic heterocycles. The van der Waals surface area contributed by atoms with Crippen LogP contribution in [0.3, 0.4) is 0 Å². The first kappa shape index (κ1) is 15.5. The number of nitrogens with two attached hydrogens (primary N) is 1. The normalized spacial score (nSPS) is 28.8. The van der Waals surface area contributed by atoms with E-state index in [1.165, 1.54) is 0 Å². The van der Waals surface area contributed by atoms with Crippen molar-refractivity contribution >= 4 is 5.91 Å². The number of nitrogens with one attached hydrogen (secondary N) is 1. The maximum Gasteiger partial charge on any atom is 0.227 e. The predicted molar refractivity (Wildman–Crippen MR) is 81.4 cm³/mol. The summed E-state index contributed by atoms with van der Waals surface area (Å²) in [5, 5.41) is 3.09. The van der Waals surface area contributed by atoms with E-state index in [2.05, 4.69) is 36.0 Å². The molecule has 114 valence electrons. The third-order valence-corrected chi connectivity index (χ3v) is 4.51. The molecule has 3 N–H and O–H groups in total. The number of likely N-dealkylation sites (N-methyl/N-ethyl adjacent to an activating group) is 1. The van der Waals surface area contributed by atoms with E-state index in [1.807, 2.05) is 12.2 Å². The van der Waals surface area contributed by atoms with E-state index in [9.17, 15) is 4.79 Å². The molecule has 2 atom stereocenters. The van der Waals surface area contributed by atoms with Crippen molar-refractivity contribution in [1.29, 1.82) is 0 Å². The quantitative estimate of drug-likeness (QED) is 0.714. The van der Waals surface area contributed by atoms with Gasteiger partial charge in [0, 0.05) is 44.3 Å². The maximum absolute atomic E-state index is 12.1. The van der Waals surface area contributed by atoms with Gasteiger partial charge in [0.25, 0.3) is 0 Å². The van der Waals surface area contributed by atoms with Crippen molar-refractivity contribution in [2.45, 2.75) is 31.8 Å². The van der Waals surface area contributed by atoms with E-state index < -0.39 is 0 Å². The first-order chi connectivity index (χ1) is 9.38. The third-order valence-electron chi connectivity index (χ3n) is 4.51. The van der Waals surface area contributed by atoms with Crippen LogP contribution < -0.4 is 11.1 Å². The Balaban J connectivity index is 1.80. The van der Waals surface area contributed by atoms with Crippen LogP contribution in [-0.2, 0) is 4.79 Å². The Morgan fingerprint density at radius 1 is 1.30 bits per heavy atom. The molecule has 0 aromatic carbocycles. The van der Waals surface area contributed by atoms with Crippen LogP contribution in [0.25, 0.3) is 0 Å². The molecule has 0 bridgehead atoms. The third kappa shape index (κ3) is 3.81. The lowest BCUT2D eigenvalue weighted by Crippen LogP contribution is -2.58. The highest BCUT2D eigenvalue weighted by atomic mass is 16.1. The van der Waals surface area contributed by atoms with Gasteiger partial charge in [0.1, 0.15) is 0 Å². The fourth-order valence-corrected chi connectivity index (χ4v) is 2.88. The van der Waals surface area contributed by atoms with Gasteiger partial charge in [-0.1, -0.05) is 12.2 Å². The molecule has 0 saturated carbocycles. The summed E-state index contributed by atoms with van der Waals surface area (Å²) < 4.78 is 0. The Morgan fingerprint density at radius 3 is 2.50 bits per heavy atom. The second kappa shape index (κ2) is 6.24. The number of hydrogen-bond donors (Lipinski definition) is 2. The summed E-state index contributed by atoms with van der Waals surface area (Å²) in [4.78, 5) is 16.9. The average Bonchev–Trinajstić information content (AvgIpc) is 2.83. The van der Waals surface area contributed by atoms with Gasteiger partial charge in [-0.25, -0.2) is 0 Å². The predicted octanol–water partition coefficient (Wildman–Crippen LogP) is 0.0320. The van der Waals surface area contributed by atoms with Crippen LogP contribution in [0, 0.1) is 5.92 Å². The van der Waals surface area contributed by atoms with Gasteiger partial charge < -0.3 is 16.0 Å². The molecule has 0 radical (unpaired) electrons. The number of piperazine rings is 1. The fraction of sp³-hybridized carbons (Fsp3) is 0.800. The van der Waals surface area contributed by atoms with Gasteiger partial charge in [0.15, 0.2) is 0 Å². The van der Waals surface area contributed by atoms with Gasteiger partial charge in [-0.3, -0.25) is 9.69 Å². The zero-order valence-corrected chi connectivity index (χ0v) is 12.9. The first-order valence-electron chi connectivity index (χ1n) is 7.54.